The largest absolute Gasteiger partial charge is 0.416 e. The third-order valence-electron chi connectivity index (χ3n) is 4.46. The summed E-state index contributed by atoms with van der Waals surface area (Å²) >= 11 is 0. The van der Waals surface area contributed by atoms with Crippen molar-refractivity contribution in [3.05, 3.63) is 65.9 Å². The molecule has 0 amide bonds. The molecular weight excluding hydrogens is 371 g/mol. The van der Waals surface area contributed by atoms with Crippen LogP contribution in [0.5, 0.6) is 0 Å². The summed E-state index contributed by atoms with van der Waals surface area (Å²) < 4.78 is 38.7. The minimum atomic E-state index is -4.47. The summed E-state index contributed by atoms with van der Waals surface area (Å²) in [5, 5.41) is 12.6. The number of halogens is 3. The van der Waals surface area contributed by atoms with Gasteiger partial charge in [0.2, 0.25) is 5.82 Å². The maximum atomic E-state index is 12.9. The second-order valence-electron chi connectivity index (χ2n) is 6.30. The average molecular weight is 385 g/mol. The van der Waals surface area contributed by atoms with Crippen molar-refractivity contribution in [1.82, 2.24) is 25.2 Å². The number of hydrogen-bond donors (Lipinski definition) is 1. The molecule has 0 bridgehead atoms. The highest BCUT2D eigenvalue weighted by Gasteiger charge is 2.31. The Kier molecular flexibility index (Phi) is 4.21. The lowest BCUT2D eigenvalue weighted by molar-refractivity contribution is -0.137. The van der Waals surface area contributed by atoms with Gasteiger partial charge in [-0.15, -0.1) is 10.2 Å². The number of ketones is 1. The Morgan fingerprint density at radius 2 is 1.93 bits per heavy atom. The van der Waals surface area contributed by atoms with Gasteiger partial charge in [0.1, 0.15) is 6.04 Å². The van der Waals surface area contributed by atoms with Gasteiger partial charge >= 0.3 is 6.18 Å². The van der Waals surface area contributed by atoms with Crippen LogP contribution in [0, 0.1) is 0 Å². The molecule has 2 aromatic carbocycles. The number of benzene rings is 2. The molecular formula is C19H14F3N5O. The fraction of sp³-hybridized carbons (Fsp3) is 0.158. The first-order chi connectivity index (χ1) is 13.3. The number of tetrazole rings is 1. The SMILES string of the molecule is C[C@@H](C(=O)c1c[nH]c2ccccc12)n1nnc(-c2cccc(C(F)(F)F)c2)n1. The van der Waals surface area contributed by atoms with E-state index in [-0.39, 0.29) is 17.2 Å². The van der Waals surface area contributed by atoms with Crippen molar-refractivity contribution >= 4 is 16.7 Å². The van der Waals surface area contributed by atoms with Gasteiger partial charge in [0.15, 0.2) is 5.78 Å². The molecule has 0 saturated carbocycles. The maximum Gasteiger partial charge on any atom is 0.416 e. The molecule has 1 N–H and O–H groups in total. The van der Waals surface area contributed by atoms with Gasteiger partial charge < -0.3 is 4.98 Å². The molecule has 0 unspecified atom stereocenters. The van der Waals surface area contributed by atoms with E-state index in [4.69, 9.17) is 0 Å². The number of aromatic amines is 1. The molecule has 0 radical (unpaired) electrons. The number of fused-ring (bicyclic) bond motifs is 1. The van der Waals surface area contributed by atoms with Crippen LogP contribution < -0.4 is 0 Å². The first-order valence-electron chi connectivity index (χ1n) is 8.42. The molecule has 0 aliphatic carbocycles. The second-order valence-corrected chi connectivity index (χ2v) is 6.30. The molecule has 2 aromatic heterocycles. The van der Waals surface area contributed by atoms with Gasteiger partial charge in [0, 0.05) is 28.2 Å². The highest BCUT2D eigenvalue weighted by molar-refractivity contribution is 6.09. The van der Waals surface area contributed by atoms with Gasteiger partial charge in [0.05, 0.1) is 5.56 Å². The Hall–Kier alpha value is -3.49. The van der Waals surface area contributed by atoms with Crippen molar-refractivity contribution in [2.24, 2.45) is 0 Å². The van der Waals surface area contributed by atoms with Crippen LogP contribution in [0.3, 0.4) is 0 Å². The maximum absolute atomic E-state index is 12.9. The topological polar surface area (TPSA) is 76.5 Å². The number of H-pyrrole nitrogens is 1. The molecule has 9 heteroatoms. The molecule has 6 nitrogen and oxygen atoms in total. The molecule has 142 valence electrons. The highest BCUT2D eigenvalue weighted by Crippen LogP contribution is 2.31. The second kappa shape index (κ2) is 6.59. The normalized spacial score (nSPS) is 13.0. The summed E-state index contributed by atoms with van der Waals surface area (Å²) in [5.74, 6) is -0.213. The lowest BCUT2D eigenvalue weighted by Crippen LogP contribution is -2.19. The lowest BCUT2D eigenvalue weighted by Gasteiger charge is -2.08. The first-order valence-corrected chi connectivity index (χ1v) is 8.42. The van der Waals surface area contributed by atoms with E-state index < -0.39 is 17.8 Å². The van der Waals surface area contributed by atoms with E-state index in [1.54, 1.807) is 13.1 Å². The van der Waals surface area contributed by atoms with E-state index in [0.717, 1.165) is 27.8 Å². The van der Waals surface area contributed by atoms with Crippen molar-refractivity contribution in [2.75, 3.05) is 0 Å². The zero-order valence-electron chi connectivity index (χ0n) is 14.6. The average Bonchev–Trinajstić information content (AvgIpc) is 3.34. The van der Waals surface area contributed by atoms with Crippen molar-refractivity contribution in [3.63, 3.8) is 0 Å². The van der Waals surface area contributed by atoms with Crippen molar-refractivity contribution in [2.45, 2.75) is 19.1 Å². The number of carbonyl (C=O) groups excluding carboxylic acids is 1. The molecule has 0 aliphatic rings. The van der Waals surface area contributed by atoms with Gasteiger partial charge in [0.25, 0.3) is 0 Å². The van der Waals surface area contributed by atoms with Crippen LogP contribution >= 0.6 is 0 Å². The molecule has 0 spiro atoms. The summed E-state index contributed by atoms with van der Waals surface area (Å²) in [5.41, 5.74) is 0.687. The highest BCUT2D eigenvalue weighted by atomic mass is 19.4. The van der Waals surface area contributed by atoms with E-state index in [1.807, 2.05) is 24.3 Å². The Bertz CT molecular complexity index is 1160. The van der Waals surface area contributed by atoms with Crippen molar-refractivity contribution in [1.29, 1.82) is 0 Å². The summed E-state index contributed by atoms with van der Waals surface area (Å²) in [6.45, 7) is 1.61. The summed E-state index contributed by atoms with van der Waals surface area (Å²) in [6.07, 6.45) is -2.85. The molecule has 2 heterocycles. The smallest absolute Gasteiger partial charge is 0.360 e. The molecule has 4 rings (SSSR count). The predicted molar refractivity (Wildman–Crippen MR) is 95.6 cm³/mol. The predicted octanol–water partition coefficient (Wildman–Crippen LogP) is 4.28. The molecule has 0 fully saturated rings. The number of aromatic nitrogens is 5. The zero-order valence-corrected chi connectivity index (χ0v) is 14.6. The standard InChI is InChI=1S/C19H14F3N5O/c1-11(17(28)15-10-23-16-8-3-2-7-14(15)16)27-25-18(24-26-27)12-5-4-6-13(9-12)19(20,21)22/h2-11,23H,1H3/t11-/m0/s1. The van der Waals surface area contributed by atoms with E-state index in [0.29, 0.717) is 5.56 Å². The lowest BCUT2D eigenvalue weighted by atomic mass is 10.1. The minimum Gasteiger partial charge on any atom is -0.360 e. The third-order valence-corrected chi connectivity index (χ3v) is 4.46. The van der Waals surface area contributed by atoms with E-state index in [2.05, 4.69) is 20.4 Å². The van der Waals surface area contributed by atoms with Gasteiger partial charge in [-0.1, -0.05) is 30.3 Å². The van der Waals surface area contributed by atoms with E-state index >= 15 is 0 Å². The van der Waals surface area contributed by atoms with Crippen LogP contribution in [-0.2, 0) is 6.18 Å². The summed E-state index contributed by atoms with van der Waals surface area (Å²) in [4.78, 5) is 17.0. The quantitative estimate of drug-likeness (QED) is 0.532. The number of carbonyl (C=O) groups is 1. The Labute approximate surface area is 157 Å². The number of nitrogens with zero attached hydrogens (tertiary/aromatic N) is 4. The zero-order chi connectivity index (χ0) is 19.9. The molecule has 1 atom stereocenters. The number of rotatable bonds is 4. The Morgan fingerprint density at radius 3 is 2.71 bits per heavy atom. The molecule has 28 heavy (non-hydrogen) atoms. The van der Waals surface area contributed by atoms with Crippen molar-refractivity contribution < 1.29 is 18.0 Å². The third kappa shape index (κ3) is 3.15. The number of para-hydroxylation sites is 1. The van der Waals surface area contributed by atoms with Crippen LogP contribution in [0.2, 0.25) is 0 Å². The number of Topliss-reactive ketones (excluding diaryl/α,β-unsaturated/α-hetero) is 1. The van der Waals surface area contributed by atoms with Gasteiger partial charge in [-0.3, -0.25) is 4.79 Å². The van der Waals surface area contributed by atoms with E-state index in [9.17, 15) is 18.0 Å². The number of alkyl halides is 3. The van der Waals surface area contributed by atoms with Crippen LogP contribution in [0.25, 0.3) is 22.3 Å². The van der Waals surface area contributed by atoms with Crippen molar-refractivity contribution in [3.8, 4) is 11.4 Å². The number of nitrogens with one attached hydrogen (secondary N) is 1. The fourth-order valence-electron chi connectivity index (χ4n) is 2.94. The monoisotopic (exact) mass is 385 g/mol. The summed E-state index contributed by atoms with van der Waals surface area (Å²) in [6, 6.07) is 11.3. The van der Waals surface area contributed by atoms with E-state index in [1.165, 1.54) is 12.1 Å². The molecule has 4 aromatic rings. The molecule has 0 aliphatic heterocycles. The first kappa shape index (κ1) is 17.9. The van der Waals surface area contributed by atoms with Gasteiger partial charge in [-0.25, -0.2) is 0 Å². The van der Waals surface area contributed by atoms with Gasteiger partial charge in [-0.2, -0.15) is 18.0 Å². The Balaban J connectivity index is 1.63. The fourth-order valence-corrected chi connectivity index (χ4v) is 2.94. The molecule has 0 saturated heterocycles. The summed E-state index contributed by atoms with van der Waals surface area (Å²) in [7, 11) is 0. The van der Waals surface area contributed by atoms with Gasteiger partial charge in [-0.05, 0) is 30.3 Å². The van der Waals surface area contributed by atoms with Crippen LogP contribution in [0.4, 0.5) is 13.2 Å². The van der Waals surface area contributed by atoms with Crippen LogP contribution in [-0.4, -0.2) is 31.0 Å². The van der Waals surface area contributed by atoms with Crippen LogP contribution in [0.1, 0.15) is 28.9 Å². The number of hydrogen-bond acceptors (Lipinski definition) is 4. The minimum absolute atomic E-state index is 0.0182. The van der Waals surface area contributed by atoms with Crippen LogP contribution in [0.15, 0.2) is 54.7 Å². The Morgan fingerprint density at radius 1 is 1.14 bits per heavy atom.